The molecule has 2 N–H and O–H groups in total. The highest BCUT2D eigenvalue weighted by Crippen LogP contribution is 2.36. The van der Waals surface area contributed by atoms with Gasteiger partial charge in [0.2, 0.25) is 0 Å². The summed E-state index contributed by atoms with van der Waals surface area (Å²) in [6.45, 7) is 4.48. The van der Waals surface area contributed by atoms with Crippen LogP contribution in [0.5, 0.6) is 0 Å². The van der Waals surface area contributed by atoms with Gasteiger partial charge in [0.1, 0.15) is 5.17 Å². The van der Waals surface area contributed by atoms with Crippen LogP contribution in [-0.4, -0.2) is 70.7 Å². The highest BCUT2D eigenvalue weighted by molar-refractivity contribution is 6.66. The zero-order valence-electron chi connectivity index (χ0n) is 15.2. The van der Waals surface area contributed by atoms with Crippen LogP contribution >= 0.6 is 11.6 Å². The Morgan fingerprint density at radius 1 is 1.23 bits per heavy atom. The lowest BCUT2D eigenvalue weighted by Crippen LogP contribution is -2.47. The zero-order chi connectivity index (χ0) is 18.4. The molecule has 0 radical (unpaired) electrons. The van der Waals surface area contributed by atoms with Gasteiger partial charge in [0, 0.05) is 25.8 Å². The van der Waals surface area contributed by atoms with Crippen molar-refractivity contribution in [3.05, 3.63) is 30.1 Å². The van der Waals surface area contributed by atoms with Crippen LogP contribution in [-0.2, 0) is 10.3 Å². The van der Waals surface area contributed by atoms with Crippen molar-refractivity contribution < 1.29 is 9.94 Å². The second kappa shape index (κ2) is 9.24. The Labute approximate surface area is 160 Å². The molecule has 1 aromatic heterocycles. The minimum Gasteiger partial charge on any atom is -0.389 e. The maximum absolute atomic E-state index is 10.2. The van der Waals surface area contributed by atoms with Gasteiger partial charge in [0.25, 0.3) is 0 Å². The van der Waals surface area contributed by atoms with Gasteiger partial charge >= 0.3 is 0 Å². The molecule has 0 saturated carbocycles. The molecule has 1 unspecified atom stereocenters. The number of hydroxylamine groups is 2. The number of piperidine rings is 2. The first kappa shape index (κ1) is 19.7. The summed E-state index contributed by atoms with van der Waals surface area (Å²) in [5.41, 5.74) is 0.333. The van der Waals surface area contributed by atoms with E-state index in [4.69, 9.17) is 21.8 Å². The van der Waals surface area contributed by atoms with E-state index < -0.39 is 11.5 Å². The van der Waals surface area contributed by atoms with Crippen LogP contribution in [0.4, 0.5) is 0 Å². The van der Waals surface area contributed by atoms with Crippen LogP contribution in [0.15, 0.2) is 24.4 Å². The second-order valence-corrected chi connectivity index (χ2v) is 7.73. The molecule has 26 heavy (non-hydrogen) atoms. The summed E-state index contributed by atoms with van der Waals surface area (Å²) in [6, 6.07) is 5.75. The smallest absolute Gasteiger partial charge is 0.109 e. The number of nitrogens with zero attached hydrogens (tertiary/aromatic N) is 3. The van der Waals surface area contributed by atoms with Gasteiger partial charge in [-0.05, 0) is 50.9 Å². The van der Waals surface area contributed by atoms with Gasteiger partial charge in [0.15, 0.2) is 0 Å². The number of likely N-dealkylation sites (tertiary alicyclic amines) is 1. The average molecular weight is 381 g/mol. The summed E-state index contributed by atoms with van der Waals surface area (Å²) < 4.78 is 0. The number of pyridine rings is 1. The summed E-state index contributed by atoms with van der Waals surface area (Å²) in [6.07, 6.45) is 6.39. The van der Waals surface area contributed by atoms with Gasteiger partial charge in [0.05, 0.1) is 23.8 Å². The van der Waals surface area contributed by atoms with Gasteiger partial charge in [-0.1, -0.05) is 24.1 Å². The fourth-order valence-electron chi connectivity index (χ4n) is 3.92. The Bertz CT molecular complexity index is 572. The molecular formula is C19H29ClN4O2. The monoisotopic (exact) mass is 380 g/mol. The van der Waals surface area contributed by atoms with E-state index in [9.17, 15) is 5.11 Å². The maximum Gasteiger partial charge on any atom is 0.109 e. The molecule has 2 saturated heterocycles. The van der Waals surface area contributed by atoms with Crippen LogP contribution < -0.4 is 0 Å². The van der Waals surface area contributed by atoms with E-state index >= 15 is 0 Å². The minimum atomic E-state index is -0.519. The fourth-order valence-corrected chi connectivity index (χ4v) is 4.20. The molecule has 2 fully saturated rings. The first-order chi connectivity index (χ1) is 12.6. The van der Waals surface area contributed by atoms with Crippen molar-refractivity contribution in [3.8, 4) is 0 Å². The number of aliphatic hydroxyl groups excluding tert-OH is 1. The molecule has 2 aliphatic heterocycles. The van der Waals surface area contributed by atoms with Crippen molar-refractivity contribution >= 4 is 16.8 Å². The minimum absolute atomic E-state index is 0.140. The van der Waals surface area contributed by atoms with Crippen molar-refractivity contribution in [2.45, 2.75) is 43.6 Å². The van der Waals surface area contributed by atoms with Crippen molar-refractivity contribution in [1.82, 2.24) is 14.9 Å². The van der Waals surface area contributed by atoms with Crippen molar-refractivity contribution in [2.75, 3.05) is 39.3 Å². The van der Waals surface area contributed by atoms with Crippen molar-refractivity contribution in [3.63, 3.8) is 0 Å². The predicted octanol–water partition coefficient (Wildman–Crippen LogP) is 2.41. The molecule has 3 rings (SSSR count). The summed E-state index contributed by atoms with van der Waals surface area (Å²) >= 11 is 6.17. The van der Waals surface area contributed by atoms with E-state index in [0.717, 1.165) is 18.8 Å². The van der Waals surface area contributed by atoms with E-state index in [2.05, 4.69) is 9.88 Å². The van der Waals surface area contributed by atoms with E-state index in [1.165, 1.54) is 19.3 Å². The molecule has 0 bridgehead atoms. The van der Waals surface area contributed by atoms with E-state index in [-0.39, 0.29) is 5.17 Å². The van der Waals surface area contributed by atoms with Crippen molar-refractivity contribution in [2.24, 2.45) is 0 Å². The summed E-state index contributed by atoms with van der Waals surface area (Å²) in [7, 11) is 0. The largest absolute Gasteiger partial charge is 0.389 e. The Hall–Kier alpha value is -1.05. The SMILES string of the molecule is N=C(Cl)C1(c2ccccn2)CCN(OCC(O)CN2CCCCC2)CC1. The third kappa shape index (κ3) is 4.81. The lowest BCUT2D eigenvalue weighted by atomic mass is 9.76. The van der Waals surface area contributed by atoms with Gasteiger partial charge in [-0.15, -0.1) is 0 Å². The second-order valence-electron chi connectivity index (χ2n) is 7.35. The average Bonchev–Trinajstić information content (AvgIpc) is 2.68. The standard InChI is InChI=1S/C19H29ClN4O2/c20-18(21)19(17-6-2-3-9-22-17)7-12-24(13-8-19)26-15-16(25)14-23-10-4-1-5-11-23/h2-3,6,9,16,21,25H,1,4-5,7-8,10-15H2. The molecule has 1 atom stereocenters. The number of rotatable bonds is 7. The number of halogens is 1. The molecule has 1 aromatic rings. The molecule has 0 aliphatic carbocycles. The molecule has 6 nitrogen and oxygen atoms in total. The first-order valence-electron chi connectivity index (χ1n) is 9.54. The Balaban J connectivity index is 1.47. The molecule has 7 heteroatoms. The summed E-state index contributed by atoms with van der Waals surface area (Å²) in [4.78, 5) is 12.6. The van der Waals surface area contributed by atoms with Crippen LogP contribution in [0.25, 0.3) is 0 Å². The number of β-amino-alcohol motifs (C(OH)–C–C–N with tert-alkyl or cyclic N) is 1. The van der Waals surface area contributed by atoms with E-state index in [1.807, 2.05) is 23.3 Å². The number of aliphatic hydroxyl groups is 1. The van der Waals surface area contributed by atoms with Crippen LogP contribution in [0.2, 0.25) is 0 Å². The number of nitrogens with one attached hydrogen (secondary N) is 1. The van der Waals surface area contributed by atoms with Gasteiger partial charge in [-0.3, -0.25) is 15.2 Å². The molecular weight excluding hydrogens is 352 g/mol. The molecule has 144 valence electrons. The van der Waals surface area contributed by atoms with Crippen LogP contribution in [0.3, 0.4) is 0 Å². The Morgan fingerprint density at radius 2 is 1.96 bits per heavy atom. The van der Waals surface area contributed by atoms with E-state index in [0.29, 0.717) is 39.1 Å². The highest BCUT2D eigenvalue weighted by Gasteiger charge is 2.41. The topological polar surface area (TPSA) is 72.7 Å². The normalized spacial score (nSPS) is 22.8. The Morgan fingerprint density at radius 3 is 2.58 bits per heavy atom. The summed E-state index contributed by atoms with van der Waals surface area (Å²) in [5, 5.41) is 20.3. The lowest BCUT2D eigenvalue weighted by molar-refractivity contribution is -0.192. The van der Waals surface area contributed by atoms with Crippen LogP contribution in [0.1, 0.15) is 37.8 Å². The highest BCUT2D eigenvalue weighted by atomic mass is 35.5. The number of hydrogen-bond acceptors (Lipinski definition) is 6. The molecule has 0 aromatic carbocycles. The molecule has 0 spiro atoms. The maximum atomic E-state index is 10.2. The predicted molar refractivity (Wildman–Crippen MR) is 103 cm³/mol. The van der Waals surface area contributed by atoms with Gasteiger partial charge in [-0.25, -0.2) is 0 Å². The molecule has 0 amide bonds. The molecule has 3 heterocycles. The quantitative estimate of drug-likeness (QED) is 0.711. The van der Waals surface area contributed by atoms with Gasteiger partial charge in [-0.2, -0.15) is 5.06 Å². The summed E-state index contributed by atoms with van der Waals surface area (Å²) in [5.74, 6) is 0. The number of hydrogen-bond donors (Lipinski definition) is 2. The fraction of sp³-hybridized carbons (Fsp3) is 0.684. The lowest BCUT2D eigenvalue weighted by Gasteiger charge is -2.39. The third-order valence-corrected chi connectivity index (χ3v) is 5.88. The zero-order valence-corrected chi connectivity index (χ0v) is 16.0. The first-order valence-corrected chi connectivity index (χ1v) is 9.92. The van der Waals surface area contributed by atoms with E-state index in [1.54, 1.807) is 6.20 Å². The van der Waals surface area contributed by atoms with Crippen LogP contribution in [0, 0.1) is 5.41 Å². The Kier molecular flexibility index (Phi) is 7.00. The third-order valence-electron chi connectivity index (χ3n) is 5.52. The van der Waals surface area contributed by atoms with Gasteiger partial charge < -0.3 is 10.0 Å². The number of aromatic nitrogens is 1. The molecule has 2 aliphatic rings. The van der Waals surface area contributed by atoms with Crippen molar-refractivity contribution in [1.29, 1.82) is 5.41 Å².